The van der Waals surface area contributed by atoms with Gasteiger partial charge in [-0.3, -0.25) is 4.68 Å². The molecule has 0 unspecified atom stereocenters. The van der Waals surface area contributed by atoms with E-state index >= 15 is 0 Å². The molecule has 0 aliphatic carbocycles. The molecule has 6 heteroatoms. The molecule has 0 spiro atoms. The number of fused-ring (bicyclic) bond motifs is 2. The third-order valence-corrected chi connectivity index (χ3v) is 6.07. The van der Waals surface area contributed by atoms with Gasteiger partial charge >= 0.3 is 0 Å². The number of benzene rings is 3. The lowest BCUT2D eigenvalue weighted by Crippen LogP contribution is -1.91. The van der Waals surface area contributed by atoms with E-state index in [9.17, 15) is 0 Å². The van der Waals surface area contributed by atoms with Crippen molar-refractivity contribution in [2.75, 3.05) is 7.11 Å². The van der Waals surface area contributed by atoms with E-state index in [0.29, 0.717) is 0 Å². The number of rotatable bonds is 3. The normalized spacial score (nSPS) is 11.4. The van der Waals surface area contributed by atoms with E-state index in [1.54, 1.807) is 7.11 Å². The van der Waals surface area contributed by atoms with E-state index in [2.05, 4.69) is 51.8 Å². The van der Waals surface area contributed by atoms with E-state index in [0.717, 1.165) is 53.9 Å². The van der Waals surface area contributed by atoms with Gasteiger partial charge in [0.2, 0.25) is 0 Å². The Labute approximate surface area is 175 Å². The topological polar surface area (TPSA) is 55.7 Å². The molecule has 0 aliphatic heterocycles. The van der Waals surface area contributed by atoms with Gasteiger partial charge in [0.25, 0.3) is 0 Å². The first-order chi connectivity index (χ1) is 13.7. The van der Waals surface area contributed by atoms with Gasteiger partial charge in [-0.25, -0.2) is 4.98 Å². The van der Waals surface area contributed by atoms with Crippen molar-refractivity contribution in [2.24, 2.45) is 7.05 Å². The highest BCUT2D eigenvalue weighted by Crippen LogP contribution is 2.35. The van der Waals surface area contributed by atoms with E-state index in [1.807, 2.05) is 48.1 Å². The fourth-order valence-corrected chi connectivity index (χ4v) is 4.46. The van der Waals surface area contributed by atoms with Crippen LogP contribution in [0.5, 0.6) is 5.75 Å². The Balaban J connectivity index is 1.73. The zero-order valence-corrected chi connectivity index (χ0v) is 17.6. The Kier molecular flexibility index (Phi) is 4.08. The van der Waals surface area contributed by atoms with Gasteiger partial charge in [-0.1, -0.05) is 30.3 Å². The van der Waals surface area contributed by atoms with E-state index in [1.165, 1.54) is 0 Å². The lowest BCUT2D eigenvalue weighted by Gasteiger charge is -2.09. The number of halogens is 1. The number of aromatic nitrogens is 4. The van der Waals surface area contributed by atoms with Crippen LogP contribution in [-0.2, 0) is 7.05 Å². The predicted molar refractivity (Wildman–Crippen MR) is 121 cm³/mol. The summed E-state index contributed by atoms with van der Waals surface area (Å²) >= 11 is 2.34. The molecular formula is C22H17IN4O. The fourth-order valence-electron chi connectivity index (χ4n) is 3.56. The van der Waals surface area contributed by atoms with Gasteiger partial charge < -0.3 is 9.72 Å². The maximum absolute atomic E-state index is 5.49. The molecule has 5 aromatic rings. The monoisotopic (exact) mass is 480 g/mol. The van der Waals surface area contributed by atoms with Crippen LogP contribution in [0, 0.1) is 3.57 Å². The molecule has 0 aliphatic rings. The van der Waals surface area contributed by atoms with Gasteiger partial charge in [0.05, 0.1) is 27.2 Å². The summed E-state index contributed by atoms with van der Waals surface area (Å²) in [4.78, 5) is 8.14. The van der Waals surface area contributed by atoms with Gasteiger partial charge in [0.1, 0.15) is 11.4 Å². The summed E-state index contributed by atoms with van der Waals surface area (Å²) in [5.74, 6) is 1.66. The minimum atomic E-state index is 0.782. The standard InChI is InChI=1S/C22H17IN4O/c1-27-18-11-10-13(14-6-5-9-19(28-2)20(14)23)12-15(18)21(26-27)22-24-16-7-3-4-8-17(16)25-22/h3-12H,1-2H3,(H,24,25). The second-order valence-corrected chi connectivity index (χ2v) is 7.71. The smallest absolute Gasteiger partial charge is 0.159 e. The summed E-state index contributed by atoms with van der Waals surface area (Å²) in [6, 6.07) is 20.6. The molecule has 0 saturated carbocycles. The maximum atomic E-state index is 5.49. The SMILES string of the molecule is COc1cccc(-c2ccc3c(c2)c(-c2nc4ccccc4[nH]2)nn3C)c1I. The molecule has 3 aromatic carbocycles. The van der Waals surface area contributed by atoms with Crippen LogP contribution >= 0.6 is 22.6 Å². The average Bonchev–Trinajstić information content (AvgIpc) is 3.29. The zero-order valence-electron chi connectivity index (χ0n) is 15.4. The summed E-state index contributed by atoms with van der Waals surface area (Å²) in [5.41, 5.74) is 6.14. The molecule has 1 N–H and O–H groups in total. The minimum Gasteiger partial charge on any atom is -0.496 e. The summed E-state index contributed by atoms with van der Waals surface area (Å²) in [6.07, 6.45) is 0. The Morgan fingerprint density at radius 3 is 2.71 bits per heavy atom. The molecule has 138 valence electrons. The van der Waals surface area contributed by atoms with Crippen molar-refractivity contribution in [2.45, 2.75) is 0 Å². The van der Waals surface area contributed by atoms with Crippen LogP contribution in [0.15, 0.2) is 60.7 Å². The number of para-hydroxylation sites is 2. The highest BCUT2D eigenvalue weighted by Gasteiger charge is 2.16. The average molecular weight is 480 g/mol. The highest BCUT2D eigenvalue weighted by molar-refractivity contribution is 14.1. The molecule has 28 heavy (non-hydrogen) atoms. The van der Waals surface area contributed by atoms with Crippen molar-refractivity contribution in [3.63, 3.8) is 0 Å². The predicted octanol–water partition coefficient (Wildman–Crippen LogP) is 5.40. The van der Waals surface area contributed by atoms with Gasteiger partial charge in [-0.2, -0.15) is 5.10 Å². The van der Waals surface area contributed by atoms with Crippen molar-refractivity contribution in [3.8, 4) is 28.4 Å². The molecule has 0 bridgehead atoms. The van der Waals surface area contributed by atoms with Crippen LogP contribution in [0.2, 0.25) is 0 Å². The molecule has 0 amide bonds. The highest BCUT2D eigenvalue weighted by atomic mass is 127. The van der Waals surface area contributed by atoms with E-state index < -0.39 is 0 Å². The number of ether oxygens (including phenoxy) is 1. The van der Waals surface area contributed by atoms with Crippen molar-refractivity contribution >= 4 is 44.5 Å². The molecule has 2 aromatic heterocycles. The Hall–Kier alpha value is -2.87. The summed E-state index contributed by atoms with van der Waals surface area (Å²) in [5, 5.41) is 5.81. The number of H-pyrrole nitrogens is 1. The number of hydrogen-bond acceptors (Lipinski definition) is 3. The van der Waals surface area contributed by atoms with Crippen LogP contribution in [-0.4, -0.2) is 26.9 Å². The van der Waals surface area contributed by atoms with Gasteiger partial charge in [-0.15, -0.1) is 0 Å². The molecule has 0 radical (unpaired) electrons. The van der Waals surface area contributed by atoms with Crippen molar-refractivity contribution < 1.29 is 4.74 Å². The molecule has 2 heterocycles. The van der Waals surface area contributed by atoms with Crippen LogP contribution in [0.3, 0.4) is 0 Å². The van der Waals surface area contributed by atoms with Crippen LogP contribution in [0.25, 0.3) is 44.6 Å². The number of hydrogen-bond donors (Lipinski definition) is 1. The number of nitrogens with one attached hydrogen (secondary N) is 1. The minimum absolute atomic E-state index is 0.782. The Bertz CT molecular complexity index is 1300. The Morgan fingerprint density at radius 1 is 1.04 bits per heavy atom. The number of imidazole rings is 1. The second-order valence-electron chi connectivity index (χ2n) is 6.63. The lowest BCUT2D eigenvalue weighted by molar-refractivity contribution is 0.412. The van der Waals surface area contributed by atoms with Gasteiger partial charge in [0.15, 0.2) is 5.82 Å². The molecule has 0 fully saturated rings. The maximum Gasteiger partial charge on any atom is 0.159 e. The van der Waals surface area contributed by atoms with Crippen LogP contribution in [0.4, 0.5) is 0 Å². The summed E-state index contributed by atoms with van der Waals surface area (Å²) in [6.45, 7) is 0. The van der Waals surface area contributed by atoms with E-state index in [-0.39, 0.29) is 0 Å². The van der Waals surface area contributed by atoms with Crippen LogP contribution < -0.4 is 4.74 Å². The number of aromatic amines is 1. The Morgan fingerprint density at radius 2 is 1.89 bits per heavy atom. The molecule has 5 nitrogen and oxygen atoms in total. The van der Waals surface area contributed by atoms with Crippen molar-refractivity contribution in [3.05, 3.63) is 64.2 Å². The number of aryl methyl sites for hydroxylation is 1. The quantitative estimate of drug-likeness (QED) is 0.352. The molecule has 5 rings (SSSR count). The lowest BCUT2D eigenvalue weighted by atomic mass is 10.0. The number of nitrogens with zero attached hydrogens (tertiary/aromatic N) is 3. The first-order valence-electron chi connectivity index (χ1n) is 8.90. The van der Waals surface area contributed by atoms with Gasteiger partial charge in [0, 0.05) is 12.4 Å². The molecule has 0 saturated heterocycles. The second kappa shape index (κ2) is 6.63. The van der Waals surface area contributed by atoms with E-state index in [4.69, 9.17) is 14.8 Å². The van der Waals surface area contributed by atoms with Crippen molar-refractivity contribution in [1.82, 2.24) is 19.7 Å². The summed E-state index contributed by atoms with van der Waals surface area (Å²) in [7, 11) is 3.66. The summed E-state index contributed by atoms with van der Waals surface area (Å²) < 4.78 is 8.48. The first kappa shape index (κ1) is 17.2. The third kappa shape index (κ3) is 2.67. The van der Waals surface area contributed by atoms with Gasteiger partial charge in [-0.05, 0) is 64.0 Å². The van der Waals surface area contributed by atoms with Crippen LogP contribution in [0.1, 0.15) is 0 Å². The molecule has 0 atom stereocenters. The molecular weight excluding hydrogens is 463 g/mol. The zero-order chi connectivity index (χ0) is 19.3. The first-order valence-corrected chi connectivity index (χ1v) is 9.98. The fraction of sp³-hybridized carbons (Fsp3) is 0.0909. The van der Waals surface area contributed by atoms with Crippen molar-refractivity contribution in [1.29, 1.82) is 0 Å². The third-order valence-electron chi connectivity index (χ3n) is 4.96. The largest absolute Gasteiger partial charge is 0.496 e. The number of methoxy groups -OCH3 is 1.